The van der Waals surface area contributed by atoms with Gasteiger partial charge in [0.25, 0.3) is 0 Å². The van der Waals surface area contributed by atoms with Crippen LogP contribution in [-0.2, 0) is 4.79 Å². The molecule has 0 aromatic heterocycles. The monoisotopic (exact) mass is 479 g/mol. The maximum absolute atomic E-state index is 10.1. The van der Waals surface area contributed by atoms with Gasteiger partial charge in [-0.25, -0.2) is 4.79 Å². The van der Waals surface area contributed by atoms with Crippen molar-refractivity contribution in [1.29, 1.82) is 0 Å². The molecule has 0 heterocycles. The van der Waals surface area contributed by atoms with E-state index >= 15 is 0 Å². The first-order valence-electron chi connectivity index (χ1n) is 12.0. The molecular weight excluding hydrogens is 438 g/mol. The van der Waals surface area contributed by atoms with Crippen LogP contribution < -0.4 is 0 Å². The second kappa shape index (κ2) is 16.6. The van der Waals surface area contributed by atoms with E-state index < -0.39 is 37.0 Å². The van der Waals surface area contributed by atoms with Crippen LogP contribution >= 0.6 is 0 Å². The van der Waals surface area contributed by atoms with Crippen LogP contribution in [0.2, 0.25) is 0 Å². The third kappa shape index (κ3) is 10.5. The Labute approximate surface area is 202 Å². The Balaban J connectivity index is 0.000000385. The van der Waals surface area contributed by atoms with Gasteiger partial charge in [-0.05, 0) is 56.2 Å². The van der Waals surface area contributed by atoms with Crippen LogP contribution in [0.1, 0.15) is 57.4 Å². The molecule has 1 aromatic rings. The average molecular weight is 480 g/mol. The Bertz CT molecular complexity index is 737. The van der Waals surface area contributed by atoms with Crippen molar-refractivity contribution in [1.82, 2.24) is 4.90 Å². The number of hydrogen-bond donors (Lipinski definition) is 6. The van der Waals surface area contributed by atoms with Crippen molar-refractivity contribution in [2.24, 2.45) is 5.92 Å². The molecule has 0 bridgehead atoms. The molecule has 0 unspecified atom stereocenters. The first kappa shape index (κ1) is 30.0. The normalized spacial score (nSPS) is 21.3. The molecule has 1 fully saturated rings. The predicted octanol–water partition coefficient (Wildman–Crippen LogP) is 1.20. The van der Waals surface area contributed by atoms with E-state index in [1.807, 2.05) is 0 Å². The fourth-order valence-electron chi connectivity index (χ4n) is 3.92. The summed E-state index contributed by atoms with van der Waals surface area (Å²) in [4.78, 5) is 12.5. The number of rotatable bonds is 10. The van der Waals surface area contributed by atoms with Gasteiger partial charge in [0.1, 0.15) is 18.3 Å². The molecule has 1 saturated carbocycles. The summed E-state index contributed by atoms with van der Waals surface area (Å²) in [6.45, 7) is 6.71. The van der Waals surface area contributed by atoms with E-state index in [4.69, 9.17) is 30.6 Å². The summed E-state index contributed by atoms with van der Waals surface area (Å²) in [6, 6.07) is 11.0. The molecule has 4 atom stereocenters. The minimum Gasteiger partial charge on any atom is -0.479 e. The number of carbonyl (C=O) groups is 1. The Hall–Kier alpha value is -1.99. The average Bonchev–Trinajstić information content (AvgIpc) is 2.88. The predicted molar refractivity (Wildman–Crippen MR) is 130 cm³/mol. The molecule has 8 nitrogen and oxygen atoms in total. The van der Waals surface area contributed by atoms with Crippen LogP contribution in [0, 0.1) is 17.8 Å². The third-order valence-corrected chi connectivity index (χ3v) is 6.34. The lowest BCUT2D eigenvalue weighted by molar-refractivity contribution is -0.164. The molecule has 34 heavy (non-hydrogen) atoms. The van der Waals surface area contributed by atoms with Crippen molar-refractivity contribution in [2.75, 3.05) is 26.2 Å². The van der Waals surface area contributed by atoms with Crippen LogP contribution in [0.4, 0.5) is 0 Å². The van der Waals surface area contributed by atoms with E-state index in [-0.39, 0.29) is 0 Å². The lowest BCUT2D eigenvalue weighted by atomic mass is 9.78. The van der Waals surface area contributed by atoms with E-state index in [1.165, 1.54) is 31.2 Å². The quantitative estimate of drug-likeness (QED) is 0.275. The first-order valence-corrected chi connectivity index (χ1v) is 12.0. The number of aliphatic hydroxyl groups excluding tert-OH is 5. The largest absolute Gasteiger partial charge is 0.479 e. The van der Waals surface area contributed by atoms with Crippen molar-refractivity contribution >= 4 is 5.97 Å². The van der Waals surface area contributed by atoms with Crippen LogP contribution in [-0.4, -0.2) is 92.2 Å². The summed E-state index contributed by atoms with van der Waals surface area (Å²) < 4.78 is 0. The lowest BCUT2D eigenvalue weighted by Gasteiger charge is -2.27. The number of aliphatic carboxylic acids is 1. The van der Waals surface area contributed by atoms with Gasteiger partial charge >= 0.3 is 5.97 Å². The highest BCUT2D eigenvalue weighted by atomic mass is 16.4. The second-order valence-corrected chi connectivity index (χ2v) is 8.66. The second-order valence-electron chi connectivity index (χ2n) is 8.66. The first-order chi connectivity index (χ1) is 16.2. The Morgan fingerprint density at radius 3 is 2.06 bits per heavy atom. The van der Waals surface area contributed by atoms with Crippen LogP contribution in [0.15, 0.2) is 30.3 Å². The Kier molecular flexibility index (Phi) is 14.7. The Morgan fingerprint density at radius 1 is 0.971 bits per heavy atom. The smallest absolute Gasteiger partial charge is 0.335 e. The zero-order valence-corrected chi connectivity index (χ0v) is 20.3. The molecule has 6 N–H and O–H groups in total. The van der Waals surface area contributed by atoms with E-state index in [2.05, 4.69) is 60.9 Å². The number of carboxylic acids is 1. The number of carboxylic acid groups (broad SMARTS) is 1. The van der Waals surface area contributed by atoms with Crippen molar-refractivity contribution in [2.45, 2.75) is 76.3 Å². The summed E-state index contributed by atoms with van der Waals surface area (Å²) in [5.41, 5.74) is 1.53. The minimum atomic E-state index is -2.20. The van der Waals surface area contributed by atoms with Crippen LogP contribution in [0.3, 0.4) is 0 Å². The summed E-state index contributed by atoms with van der Waals surface area (Å²) in [6.07, 6.45) is -1.36. The number of hydrogen-bond acceptors (Lipinski definition) is 7. The molecule has 1 aliphatic rings. The molecular formula is C26H41NO7. The topological polar surface area (TPSA) is 142 Å². The molecule has 0 spiro atoms. The highest BCUT2D eigenvalue weighted by molar-refractivity contribution is 5.72. The molecule has 2 rings (SSSR count). The highest BCUT2D eigenvalue weighted by Crippen LogP contribution is 2.36. The highest BCUT2D eigenvalue weighted by Gasteiger charge is 2.33. The molecule has 0 aliphatic heterocycles. The van der Waals surface area contributed by atoms with Gasteiger partial charge in [0.05, 0.1) is 13.2 Å². The SMILES string of the molecule is CCN(CC)CC#CCC1CCC(c2ccccc2)CC1.O=C(O)[C@H](O)[C@@H](O)[C@H](O)[C@H](O)CO. The Morgan fingerprint density at radius 2 is 1.56 bits per heavy atom. The maximum Gasteiger partial charge on any atom is 0.335 e. The fourth-order valence-corrected chi connectivity index (χ4v) is 3.92. The zero-order valence-electron chi connectivity index (χ0n) is 20.3. The zero-order chi connectivity index (χ0) is 25.5. The molecule has 8 heteroatoms. The third-order valence-electron chi connectivity index (χ3n) is 6.34. The van der Waals surface area contributed by atoms with E-state index in [0.29, 0.717) is 0 Å². The number of aliphatic hydroxyl groups is 5. The van der Waals surface area contributed by atoms with E-state index in [0.717, 1.165) is 37.9 Å². The van der Waals surface area contributed by atoms with Gasteiger partial charge in [-0.15, -0.1) is 5.92 Å². The van der Waals surface area contributed by atoms with Crippen LogP contribution in [0.25, 0.3) is 0 Å². The molecule has 0 amide bonds. The van der Waals surface area contributed by atoms with Crippen molar-refractivity contribution in [3.8, 4) is 11.8 Å². The molecule has 1 aliphatic carbocycles. The summed E-state index contributed by atoms with van der Waals surface area (Å²) in [5.74, 6) is 6.66. The standard InChI is InChI=1S/C20H29N.C6H12O7/c1-3-21(4-2)17-9-8-10-18-13-15-20(16-14-18)19-11-6-5-7-12-19;7-1-2(8)3(9)4(10)5(11)6(12)13/h5-7,11-12,18,20H,3-4,10,13-17H2,1-2H3;2-5,7-11H,1H2,(H,12,13)/t;2-,3-,4+,5-/m.1/s1. The molecule has 1 aromatic carbocycles. The van der Waals surface area contributed by atoms with Gasteiger partial charge in [-0.3, -0.25) is 4.90 Å². The van der Waals surface area contributed by atoms with Gasteiger partial charge in [0, 0.05) is 6.42 Å². The minimum absolute atomic E-state index is 0.783. The van der Waals surface area contributed by atoms with E-state index in [9.17, 15) is 4.79 Å². The number of benzene rings is 1. The van der Waals surface area contributed by atoms with Gasteiger partial charge < -0.3 is 30.6 Å². The van der Waals surface area contributed by atoms with Gasteiger partial charge in [-0.1, -0.05) is 50.1 Å². The van der Waals surface area contributed by atoms with Crippen molar-refractivity contribution in [3.63, 3.8) is 0 Å². The lowest BCUT2D eigenvalue weighted by Crippen LogP contribution is -2.48. The van der Waals surface area contributed by atoms with Crippen molar-refractivity contribution < 1.29 is 35.4 Å². The van der Waals surface area contributed by atoms with Crippen molar-refractivity contribution in [3.05, 3.63) is 35.9 Å². The fraction of sp³-hybridized carbons (Fsp3) is 0.654. The number of nitrogens with zero attached hydrogens (tertiary/aromatic N) is 1. The summed E-state index contributed by atoms with van der Waals surface area (Å²) >= 11 is 0. The summed E-state index contributed by atoms with van der Waals surface area (Å²) in [7, 11) is 0. The van der Waals surface area contributed by atoms with Gasteiger partial charge in [-0.2, -0.15) is 0 Å². The van der Waals surface area contributed by atoms with Gasteiger partial charge in [0.15, 0.2) is 6.10 Å². The molecule has 192 valence electrons. The van der Waals surface area contributed by atoms with Gasteiger partial charge in [0.2, 0.25) is 0 Å². The molecule has 0 radical (unpaired) electrons. The molecule has 0 saturated heterocycles. The summed E-state index contributed by atoms with van der Waals surface area (Å²) in [5, 5.41) is 51.8. The maximum atomic E-state index is 10.1. The van der Waals surface area contributed by atoms with Crippen LogP contribution in [0.5, 0.6) is 0 Å². The van der Waals surface area contributed by atoms with E-state index in [1.54, 1.807) is 0 Å².